The van der Waals surface area contributed by atoms with Crippen molar-refractivity contribution < 1.29 is 22.7 Å². The number of nitrogens with two attached hydrogens (primary N) is 1. The van der Waals surface area contributed by atoms with Crippen LogP contribution < -0.4 is 15.8 Å². The molecule has 1 aromatic carbocycles. The summed E-state index contributed by atoms with van der Waals surface area (Å²) in [6.07, 6.45) is -3.52. The smallest absolute Gasteiger partial charge is 0.406 e. The lowest BCUT2D eigenvalue weighted by molar-refractivity contribution is -0.274. The number of ether oxygens (including phenoxy) is 1. The zero-order chi connectivity index (χ0) is 14.5. The maximum Gasteiger partial charge on any atom is 0.573 e. The Morgan fingerprint density at radius 3 is 2.74 bits per heavy atom. The molecule has 0 aromatic heterocycles. The fourth-order valence-electron chi connectivity index (χ4n) is 1.45. The molecule has 0 fully saturated rings. The van der Waals surface area contributed by atoms with E-state index in [4.69, 9.17) is 5.73 Å². The summed E-state index contributed by atoms with van der Waals surface area (Å²) in [4.78, 5) is 11.6. The first-order valence-corrected chi connectivity index (χ1v) is 5.74. The van der Waals surface area contributed by atoms with E-state index in [1.807, 2.05) is 6.92 Å². The van der Waals surface area contributed by atoms with Gasteiger partial charge in [-0.3, -0.25) is 4.79 Å². The van der Waals surface area contributed by atoms with Gasteiger partial charge in [-0.25, -0.2) is 0 Å². The number of hydrogen-bond donors (Lipinski definition) is 2. The monoisotopic (exact) mass is 276 g/mol. The van der Waals surface area contributed by atoms with Crippen molar-refractivity contribution in [1.29, 1.82) is 0 Å². The number of benzene rings is 1. The summed E-state index contributed by atoms with van der Waals surface area (Å²) in [6, 6.07) is 4.36. The molecule has 1 aromatic rings. The largest absolute Gasteiger partial charge is 0.573 e. The summed E-state index contributed by atoms with van der Waals surface area (Å²) in [6.45, 7) is 1.88. The number of nitrogens with one attached hydrogen (secondary N) is 1. The van der Waals surface area contributed by atoms with Crippen molar-refractivity contribution in [3.05, 3.63) is 24.3 Å². The summed E-state index contributed by atoms with van der Waals surface area (Å²) in [5.74, 6) is -0.833. The summed E-state index contributed by atoms with van der Waals surface area (Å²) >= 11 is 0. The zero-order valence-electron chi connectivity index (χ0n) is 10.3. The molecule has 106 valence electrons. The molecular formula is C12H15F3N2O2. The molecule has 7 heteroatoms. The highest BCUT2D eigenvalue weighted by Crippen LogP contribution is 2.25. The van der Waals surface area contributed by atoms with Crippen LogP contribution in [0.25, 0.3) is 0 Å². The predicted molar refractivity (Wildman–Crippen MR) is 64.6 cm³/mol. The van der Waals surface area contributed by atoms with Crippen LogP contribution in [0.1, 0.15) is 19.8 Å². The minimum atomic E-state index is -4.76. The molecule has 1 amide bonds. The second-order valence-corrected chi connectivity index (χ2v) is 3.96. The molecule has 0 heterocycles. The van der Waals surface area contributed by atoms with E-state index >= 15 is 0 Å². The van der Waals surface area contributed by atoms with Crippen LogP contribution in [-0.2, 0) is 4.79 Å². The Kier molecular flexibility index (Phi) is 5.17. The van der Waals surface area contributed by atoms with E-state index in [2.05, 4.69) is 10.1 Å². The highest BCUT2D eigenvalue weighted by Gasteiger charge is 2.31. The van der Waals surface area contributed by atoms with Crippen LogP contribution in [0, 0.1) is 0 Å². The molecule has 0 aliphatic heterocycles. The average Bonchev–Trinajstić information content (AvgIpc) is 2.27. The second kappa shape index (κ2) is 6.42. The summed E-state index contributed by atoms with van der Waals surface area (Å²) in [7, 11) is 0. The summed E-state index contributed by atoms with van der Waals surface area (Å²) in [5.41, 5.74) is 5.80. The van der Waals surface area contributed by atoms with Gasteiger partial charge in [0.05, 0.1) is 6.04 Å². The van der Waals surface area contributed by atoms with Gasteiger partial charge in [0.15, 0.2) is 0 Å². The van der Waals surface area contributed by atoms with Crippen molar-refractivity contribution in [2.24, 2.45) is 5.73 Å². The summed E-state index contributed by atoms with van der Waals surface area (Å²) in [5, 5.41) is 2.44. The van der Waals surface area contributed by atoms with Gasteiger partial charge in [0.25, 0.3) is 0 Å². The van der Waals surface area contributed by atoms with Gasteiger partial charge in [-0.05, 0) is 18.6 Å². The number of rotatable bonds is 5. The first-order chi connectivity index (χ1) is 8.81. The van der Waals surface area contributed by atoms with Crippen LogP contribution in [0.15, 0.2) is 24.3 Å². The highest BCUT2D eigenvalue weighted by molar-refractivity contribution is 5.94. The molecule has 1 unspecified atom stereocenters. The van der Waals surface area contributed by atoms with Gasteiger partial charge in [0, 0.05) is 11.8 Å². The van der Waals surface area contributed by atoms with Crippen LogP contribution in [-0.4, -0.2) is 18.3 Å². The Hall–Kier alpha value is -1.76. The Bertz CT molecular complexity index is 435. The first-order valence-electron chi connectivity index (χ1n) is 5.74. The van der Waals surface area contributed by atoms with E-state index in [1.54, 1.807) is 0 Å². The van der Waals surface area contributed by atoms with Gasteiger partial charge in [0.2, 0.25) is 5.91 Å². The normalized spacial score (nSPS) is 12.9. The van der Waals surface area contributed by atoms with E-state index in [0.29, 0.717) is 6.42 Å². The molecule has 0 bridgehead atoms. The molecule has 0 saturated carbocycles. The van der Waals surface area contributed by atoms with Crippen molar-refractivity contribution >= 4 is 11.6 Å². The van der Waals surface area contributed by atoms with E-state index in [1.165, 1.54) is 12.1 Å². The highest BCUT2D eigenvalue weighted by atomic mass is 19.4. The minimum absolute atomic E-state index is 0.207. The lowest BCUT2D eigenvalue weighted by atomic mass is 10.1. The average molecular weight is 276 g/mol. The van der Waals surface area contributed by atoms with E-state index in [9.17, 15) is 18.0 Å². The van der Waals surface area contributed by atoms with Gasteiger partial charge in [-0.2, -0.15) is 0 Å². The van der Waals surface area contributed by atoms with Gasteiger partial charge in [-0.15, -0.1) is 13.2 Å². The molecule has 1 rings (SSSR count). The van der Waals surface area contributed by atoms with Crippen LogP contribution >= 0.6 is 0 Å². The number of hydrogen-bond acceptors (Lipinski definition) is 3. The maximum atomic E-state index is 12.0. The molecule has 0 radical (unpaired) electrons. The molecule has 1 atom stereocenters. The summed E-state index contributed by atoms with van der Waals surface area (Å²) < 4.78 is 39.9. The Balaban J connectivity index is 2.69. The fourth-order valence-corrected chi connectivity index (χ4v) is 1.45. The second-order valence-electron chi connectivity index (χ2n) is 3.96. The Labute approximate surface area is 108 Å². The Morgan fingerprint density at radius 2 is 2.16 bits per heavy atom. The Morgan fingerprint density at radius 1 is 1.47 bits per heavy atom. The lowest BCUT2D eigenvalue weighted by Gasteiger charge is -2.13. The van der Waals surface area contributed by atoms with Gasteiger partial charge >= 0.3 is 6.36 Å². The number of carbonyl (C=O) groups is 1. The topological polar surface area (TPSA) is 64.4 Å². The van der Waals surface area contributed by atoms with Crippen LogP contribution in [0.4, 0.5) is 18.9 Å². The van der Waals surface area contributed by atoms with E-state index in [-0.39, 0.29) is 5.69 Å². The van der Waals surface area contributed by atoms with Crippen LogP contribution in [0.5, 0.6) is 5.75 Å². The molecule has 19 heavy (non-hydrogen) atoms. The third-order valence-corrected chi connectivity index (χ3v) is 2.27. The molecule has 0 spiro atoms. The maximum absolute atomic E-state index is 12.0. The zero-order valence-corrected chi connectivity index (χ0v) is 10.3. The number of anilines is 1. The quantitative estimate of drug-likeness (QED) is 0.869. The molecular weight excluding hydrogens is 261 g/mol. The third kappa shape index (κ3) is 5.60. The standard InChI is InChI=1S/C12H15F3N2O2/c1-2-4-10(16)11(18)17-8-5-3-6-9(7-8)19-12(13,14)15/h3,5-7,10H,2,4,16H2,1H3,(H,17,18). The lowest BCUT2D eigenvalue weighted by Crippen LogP contribution is -2.35. The van der Waals surface area contributed by atoms with Crippen molar-refractivity contribution in [1.82, 2.24) is 0 Å². The van der Waals surface area contributed by atoms with Gasteiger partial charge in [-0.1, -0.05) is 19.4 Å². The number of halogens is 3. The number of carbonyl (C=O) groups excluding carboxylic acids is 1. The third-order valence-electron chi connectivity index (χ3n) is 2.27. The van der Waals surface area contributed by atoms with Crippen molar-refractivity contribution in [3.63, 3.8) is 0 Å². The van der Waals surface area contributed by atoms with Crippen molar-refractivity contribution in [3.8, 4) is 5.75 Å². The number of amides is 1. The minimum Gasteiger partial charge on any atom is -0.406 e. The van der Waals surface area contributed by atoms with Crippen molar-refractivity contribution in [2.45, 2.75) is 32.2 Å². The van der Waals surface area contributed by atoms with Crippen molar-refractivity contribution in [2.75, 3.05) is 5.32 Å². The molecule has 0 aliphatic carbocycles. The first kappa shape index (κ1) is 15.3. The molecule has 0 saturated heterocycles. The van der Waals surface area contributed by atoms with Crippen LogP contribution in [0.2, 0.25) is 0 Å². The number of alkyl halides is 3. The molecule has 0 aliphatic rings. The van der Waals surface area contributed by atoms with E-state index < -0.39 is 24.1 Å². The predicted octanol–water partition coefficient (Wildman–Crippen LogP) is 2.65. The van der Waals surface area contributed by atoms with E-state index in [0.717, 1.165) is 18.6 Å². The molecule has 4 nitrogen and oxygen atoms in total. The fraction of sp³-hybridized carbons (Fsp3) is 0.417. The SMILES string of the molecule is CCCC(N)C(=O)Nc1cccc(OC(F)(F)F)c1. The van der Waals surface area contributed by atoms with Crippen LogP contribution in [0.3, 0.4) is 0 Å². The van der Waals surface area contributed by atoms with Gasteiger partial charge < -0.3 is 15.8 Å². The van der Waals surface area contributed by atoms with Gasteiger partial charge in [0.1, 0.15) is 5.75 Å². The molecule has 3 N–H and O–H groups in total.